The number of nitro benzene ring substituents is 1. The Morgan fingerprint density at radius 2 is 1.95 bits per heavy atom. The molecule has 0 spiro atoms. The predicted octanol–water partition coefficient (Wildman–Crippen LogP) is 4.31. The highest BCUT2D eigenvalue weighted by atomic mass is 79.9. The average molecular weight is 346 g/mol. The zero-order valence-corrected chi connectivity index (χ0v) is 13.6. The van der Waals surface area contributed by atoms with Crippen LogP contribution in [0.3, 0.4) is 0 Å². The highest BCUT2D eigenvalue weighted by Crippen LogP contribution is 2.36. The number of methoxy groups -OCH3 is 1. The summed E-state index contributed by atoms with van der Waals surface area (Å²) in [6.07, 6.45) is 2.03. The number of nitro groups is 1. The van der Waals surface area contributed by atoms with Gasteiger partial charge in [-0.05, 0) is 12.0 Å². The molecular formula is C14H20BrNO4. The summed E-state index contributed by atoms with van der Waals surface area (Å²) in [4.78, 5) is 10.7. The van der Waals surface area contributed by atoms with Crippen LogP contribution in [0.4, 0.5) is 5.69 Å². The maximum absolute atomic E-state index is 11.1. The molecular weight excluding hydrogens is 326 g/mol. The summed E-state index contributed by atoms with van der Waals surface area (Å²) in [7, 11) is 1.53. The van der Waals surface area contributed by atoms with Crippen molar-refractivity contribution in [2.24, 2.45) is 5.92 Å². The Balaban J connectivity index is 3.04. The fraction of sp³-hybridized carbons (Fsp3) is 0.571. The minimum absolute atomic E-state index is 0.0437. The van der Waals surface area contributed by atoms with Gasteiger partial charge >= 0.3 is 0 Å². The van der Waals surface area contributed by atoms with Crippen LogP contribution in [0.2, 0.25) is 0 Å². The molecule has 0 amide bonds. The van der Waals surface area contributed by atoms with Crippen LogP contribution < -0.4 is 9.47 Å². The Morgan fingerprint density at radius 3 is 2.40 bits per heavy atom. The van der Waals surface area contributed by atoms with E-state index < -0.39 is 4.92 Å². The van der Waals surface area contributed by atoms with Crippen molar-refractivity contribution < 1.29 is 14.4 Å². The van der Waals surface area contributed by atoms with Gasteiger partial charge in [-0.2, -0.15) is 0 Å². The quantitative estimate of drug-likeness (QED) is 0.400. The van der Waals surface area contributed by atoms with Crippen molar-refractivity contribution in [3.8, 4) is 11.5 Å². The number of hydrogen-bond donors (Lipinski definition) is 0. The molecule has 0 fully saturated rings. The zero-order chi connectivity index (χ0) is 15.1. The molecule has 0 aliphatic heterocycles. The molecule has 0 saturated heterocycles. The van der Waals surface area contributed by atoms with Gasteiger partial charge in [0.15, 0.2) is 11.5 Å². The molecule has 0 heterocycles. The van der Waals surface area contributed by atoms with E-state index in [0.717, 1.165) is 12.8 Å². The molecule has 112 valence electrons. The van der Waals surface area contributed by atoms with Crippen LogP contribution >= 0.6 is 15.9 Å². The Bertz CT molecular complexity index is 461. The third-order valence-electron chi connectivity index (χ3n) is 3.33. The van der Waals surface area contributed by atoms with Crippen LogP contribution in [0, 0.1) is 16.0 Å². The lowest BCUT2D eigenvalue weighted by Crippen LogP contribution is -2.11. The Morgan fingerprint density at radius 1 is 1.30 bits per heavy atom. The minimum atomic E-state index is -0.403. The molecule has 0 aliphatic carbocycles. The fourth-order valence-corrected chi connectivity index (χ4v) is 2.32. The van der Waals surface area contributed by atoms with Crippen LogP contribution in [-0.4, -0.2) is 18.6 Å². The molecule has 1 rings (SSSR count). The zero-order valence-electron chi connectivity index (χ0n) is 12.0. The molecule has 0 aliphatic rings. The van der Waals surface area contributed by atoms with E-state index in [1.54, 1.807) is 6.07 Å². The molecule has 5 nitrogen and oxygen atoms in total. The minimum Gasteiger partial charge on any atom is -0.493 e. The lowest BCUT2D eigenvalue weighted by Gasteiger charge is -2.16. The number of alkyl halides is 1. The predicted molar refractivity (Wildman–Crippen MR) is 81.8 cm³/mol. The van der Waals surface area contributed by atoms with Gasteiger partial charge in [-0.3, -0.25) is 10.1 Å². The van der Waals surface area contributed by atoms with E-state index >= 15 is 0 Å². The summed E-state index contributed by atoms with van der Waals surface area (Å²) < 4.78 is 11.0. The molecule has 20 heavy (non-hydrogen) atoms. The van der Waals surface area contributed by atoms with Gasteiger partial charge in [-0.1, -0.05) is 42.6 Å². The number of halogens is 1. The van der Waals surface area contributed by atoms with Crippen molar-refractivity contribution in [3.05, 3.63) is 27.8 Å². The molecule has 0 aromatic heterocycles. The first-order chi connectivity index (χ1) is 9.57. The van der Waals surface area contributed by atoms with Gasteiger partial charge in [0.05, 0.1) is 24.7 Å². The number of hydrogen-bond acceptors (Lipinski definition) is 4. The Hall–Kier alpha value is -1.30. The third-order valence-corrected chi connectivity index (χ3v) is 3.94. The summed E-state index contributed by atoms with van der Waals surface area (Å²) in [6.45, 7) is 4.74. The average Bonchev–Trinajstić information content (AvgIpc) is 2.47. The van der Waals surface area contributed by atoms with Gasteiger partial charge in [-0.25, -0.2) is 0 Å². The summed E-state index contributed by atoms with van der Waals surface area (Å²) >= 11 is 3.25. The van der Waals surface area contributed by atoms with Crippen LogP contribution in [0.1, 0.15) is 32.3 Å². The summed E-state index contributed by atoms with van der Waals surface area (Å²) in [5.41, 5.74) is 0.615. The van der Waals surface area contributed by atoms with Crippen LogP contribution in [0.5, 0.6) is 11.5 Å². The summed E-state index contributed by atoms with van der Waals surface area (Å²) in [5.74, 6) is 1.39. The van der Waals surface area contributed by atoms with E-state index in [4.69, 9.17) is 9.47 Å². The molecule has 0 unspecified atom stereocenters. The van der Waals surface area contributed by atoms with Gasteiger partial charge in [-0.15, -0.1) is 0 Å². The third kappa shape index (κ3) is 4.10. The highest BCUT2D eigenvalue weighted by Gasteiger charge is 2.19. The van der Waals surface area contributed by atoms with E-state index in [0.29, 0.717) is 34.9 Å². The molecule has 0 radical (unpaired) electrons. The second kappa shape index (κ2) is 8.09. The van der Waals surface area contributed by atoms with Crippen molar-refractivity contribution in [1.82, 2.24) is 0 Å². The Labute approximate surface area is 127 Å². The van der Waals surface area contributed by atoms with Crippen molar-refractivity contribution in [2.75, 3.05) is 13.7 Å². The summed E-state index contributed by atoms with van der Waals surface area (Å²) in [6, 6.07) is 3.09. The van der Waals surface area contributed by atoms with E-state index in [9.17, 15) is 10.1 Å². The molecule has 0 atom stereocenters. The SMILES string of the molecule is CCC(CC)COc1cc([N+](=O)[O-])c(CBr)cc1OC. The van der Waals surface area contributed by atoms with Crippen molar-refractivity contribution in [1.29, 1.82) is 0 Å². The van der Waals surface area contributed by atoms with Gasteiger partial charge in [0.1, 0.15) is 0 Å². The van der Waals surface area contributed by atoms with E-state index in [1.807, 2.05) is 0 Å². The summed E-state index contributed by atoms with van der Waals surface area (Å²) in [5, 5.41) is 11.5. The van der Waals surface area contributed by atoms with Gasteiger partial charge in [0, 0.05) is 10.9 Å². The first-order valence-corrected chi connectivity index (χ1v) is 7.73. The smallest absolute Gasteiger partial charge is 0.277 e. The topological polar surface area (TPSA) is 61.6 Å². The number of nitrogens with zero attached hydrogens (tertiary/aromatic N) is 1. The van der Waals surface area contributed by atoms with Gasteiger partial charge < -0.3 is 9.47 Å². The van der Waals surface area contributed by atoms with Crippen LogP contribution in [0.25, 0.3) is 0 Å². The van der Waals surface area contributed by atoms with E-state index in [-0.39, 0.29) is 5.69 Å². The van der Waals surface area contributed by atoms with E-state index in [1.165, 1.54) is 13.2 Å². The highest BCUT2D eigenvalue weighted by molar-refractivity contribution is 9.08. The van der Waals surface area contributed by atoms with Gasteiger partial charge in [0.25, 0.3) is 5.69 Å². The molecule has 0 bridgehead atoms. The first-order valence-electron chi connectivity index (χ1n) is 6.61. The largest absolute Gasteiger partial charge is 0.493 e. The number of rotatable bonds is 8. The molecule has 1 aromatic rings. The number of benzene rings is 1. The Kier molecular flexibility index (Phi) is 6.78. The fourth-order valence-electron chi connectivity index (χ4n) is 1.87. The van der Waals surface area contributed by atoms with Crippen molar-refractivity contribution in [3.63, 3.8) is 0 Å². The van der Waals surface area contributed by atoms with Crippen LogP contribution in [0.15, 0.2) is 12.1 Å². The molecule has 1 aromatic carbocycles. The standard InChI is InChI=1S/C14H20BrNO4/c1-4-10(5-2)9-20-14-7-12(16(17)18)11(8-15)6-13(14)19-3/h6-7,10H,4-5,8-9H2,1-3H3. The second-order valence-corrected chi connectivity index (χ2v) is 5.08. The second-order valence-electron chi connectivity index (χ2n) is 4.52. The van der Waals surface area contributed by atoms with Gasteiger partial charge in [0.2, 0.25) is 0 Å². The first kappa shape index (κ1) is 16.8. The monoisotopic (exact) mass is 345 g/mol. The van der Waals surface area contributed by atoms with Crippen LogP contribution in [-0.2, 0) is 5.33 Å². The molecule has 0 saturated carbocycles. The molecule has 6 heteroatoms. The van der Waals surface area contributed by atoms with E-state index in [2.05, 4.69) is 29.8 Å². The lowest BCUT2D eigenvalue weighted by atomic mass is 10.1. The van der Waals surface area contributed by atoms with Crippen molar-refractivity contribution in [2.45, 2.75) is 32.0 Å². The normalized spacial score (nSPS) is 10.7. The lowest BCUT2D eigenvalue weighted by molar-refractivity contribution is -0.385. The van der Waals surface area contributed by atoms with Crippen molar-refractivity contribution >= 4 is 21.6 Å². The number of ether oxygens (including phenoxy) is 2. The molecule has 0 N–H and O–H groups in total. The maximum Gasteiger partial charge on any atom is 0.277 e. The maximum atomic E-state index is 11.1.